The molecule has 0 heterocycles. The molecule has 1 rings (SSSR count). The van der Waals surface area contributed by atoms with Gasteiger partial charge in [0.05, 0.1) is 11.0 Å². The van der Waals surface area contributed by atoms with Gasteiger partial charge < -0.3 is 11.1 Å². The zero-order valence-electron chi connectivity index (χ0n) is 9.54. The van der Waals surface area contributed by atoms with E-state index in [2.05, 4.69) is 26.2 Å². The molecule has 0 radical (unpaired) electrons. The van der Waals surface area contributed by atoms with Gasteiger partial charge in [-0.3, -0.25) is 0 Å². The van der Waals surface area contributed by atoms with Gasteiger partial charge in [0.1, 0.15) is 5.82 Å². The molecule has 0 aliphatic heterocycles. The van der Waals surface area contributed by atoms with E-state index in [-0.39, 0.29) is 29.8 Å². The van der Waals surface area contributed by atoms with E-state index in [1.165, 1.54) is 6.07 Å². The summed E-state index contributed by atoms with van der Waals surface area (Å²) in [5.41, 5.74) is 6.40. The maximum atomic E-state index is 13.2. The monoisotopic (exact) mass is 415 g/mol. The van der Waals surface area contributed by atoms with E-state index >= 15 is 0 Å². The zero-order chi connectivity index (χ0) is 12.0. The average molecular weight is 416 g/mol. The second-order valence-corrected chi connectivity index (χ2v) is 4.23. The van der Waals surface area contributed by atoms with Crippen molar-refractivity contribution >= 4 is 45.9 Å². The Morgan fingerprint density at radius 1 is 1.53 bits per heavy atom. The highest BCUT2D eigenvalue weighted by Crippen LogP contribution is 2.16. The number of halogens is 3. The summed E-state index contributed by atoms with van der Waals surface area (Å²) < 4.78 is 13.6. The molecule has 0 saturated carbocycles. The number of aliphatic imine (C=N–C) groups is 1. The Bertz CT molecular complexity index is 385. The van der Waals surface area contributed by atoms with Crippen LogP contribution in [0, 0.1) is 5.82 Å². The summed E-state index contributed by atoms with van der Waals surface area (Å²) in [6.07, 6.45) is 0.989. The highest BCUT2D eigenvalue weighted by atomic mass is 127. The van der Waals surface area contributed by atoms with Gasteiger partial charge in [0.15, 0.2) is 5.96 Å². The van der Waals surface area contributed by atoms with E-state index < -0.39 is 0 Å². The third kappa shape index (κ3) is 6.21. The molecule has 0 saturated heterocycles. The minimum Gasteiger partial charge on any atom is -0.370 e. The minimum absolute atomic E-state index is 0. The van der Waals surface area contributed by atoms with Gasteiger partial charge in [0.25, 0.3) is 0 Å². The van der Waals surface area contributed by atoms with Crippen LogP contribution in [0.4, 0.5) is 4.39 Å². The predicted molar refractivity (Wildman–Crippen MR) is 83.1 cm³/mol. The Labute approximate surface area is 126 Å². The van der Waals surface area contributed by atoms with Crippen molar-refractivity contribution in [2.75, 3.05) is 6.54 Å². The van der Waals surface area contributed by atoms with Crippen LogP contribution < -0.4 is 11.1 Å². The highest BCUT2D eigenvalue weighted by molar-refractivity contribution is 14.0. The second-order valence-electron chi connectivity index (χ2n) is 3.38. The molecule has 1 aromatic rings. The summed E-state index contributed by atoms with van der Waals surface area (Å²) in [5.74, 6) is 0.109. The van der Waals surface area contributed by atoms with Crippen LogP contribution >= 0.6 is 39.9 Å². The summed E-state index contributed by atoms with van der Waals surface area (Å²) >= 11 is 3.10. The molecule has 0 bridgehead atoms. The quantitative estimate of drug-likeness (QED) is 0.451. The standard InChI is InChI=1S/C11H15BrFN3.HI/c1-2-5-15-11(14)16-7-8-3-4-9(12)10(13)6-8;/h3-4,6H,2,5,7H2,1H3,(H3,14,15,16);1H. The molecule has 96 valence electrons. The van der Waals surface area contributed by atoms with Gasteiger partial charge in [-0.15, -0.1) is 24.0 Å². The van der Waals surface area contributed by atoms with Crippen LogP contribution in [0.2, 0.25) is 0 Å². The molecule has 17 heavy (non-hydrogen) atoms. The summed E-state index contributed by atoms with van der Waals surface area (Å²) in [4.78, 5) is 4.10. The van der Waals surface area contributed by atoms with E-state index in [0.717, 1.165) is 18.5 Å². The number of nitrogens with one attached hydrogen (secondary N) is 1. The van der Waals surface area contributed by atoms with Gasteiger partial charge in [-0.25, -0.2) is 9.38 Å². The van der Waals surface area contributed by atoms with Gasteiger partial charge in [-0.2, -0.15) is 0 Å². The van der Waals surface area contributed by atoms with Crippen molar-refractivity contribution in [3.8, 4) is 0 Å². The second kappa shape index (κ2) is 8.68. The number of hydrogen-bond acceptors (Lipinski definition) is 1. The van der Waals surface area contributed by atoms with Crippen LogP contribution in [0.25, 0.3) is 0 Å². The molecule has 0 atom stereocenters. The Kier molecular flexibility index (Phi) is 8.49. The lowest BCUT2D eigenvalue weighted by molar-refractivity contribution is 0.618. The van der Waals surface area contributed by atoms with Crippen LogP contribution in [-0.2, 0) is 6.54 Å². The van der Waals surface area contributed by atoms with Gasteiger partial charge in [-0.05, 0) is 40.0 Å². The number of guanidine groups is 1. The van der Waals surface area contributed by atoms with Crippen LogP contribution in [0.5, 0.6) is 0 Å². The van der Waals surface area contributed by atoms with E-state index in [4.69, 9.17) is 5.73 Å². The summed E-state index contributed by atoms with van der Waals surface area (Å²) in [6.45, 7) is 3.22. The first-order chi connectivity index (χ1) is 7.63. The third-order valence-electron chi connectivity index (χ3n) is 1.97. The molecule has 0 unspecified atom stereocenters. The average Bonchev–Trinajstić information content (AvgIpc) is 2.28. The molecule has 6 heteroatoms. The number of benzene rings is 1. The summed E-state index contributed by atoms with van der Waals surface area (Å²) in [5, 5.41) is 2.95. The number of hydrogen-bond donors (Lipinski definition) is 2. The van der Waals surface area contributed by atoms with Crippen molar-refractivity contribution in [3.05, 3.63) is 34.1 Å². The zero-order valence-corrected chi connectivity index (χ0v) is 13.5. The Hall–Kier alpha value is -0.370. The first-order valence-electron chi connectivity index (χ1n) is 5.11. The maximum absolute atomic E-state index is 13.2. The summed E-state index contributed by atoms with van der Waals surface area (Å²) in [6, 6.07) is 4.92. The van der Waals surface area contributed by atoms with Crippen molar-refractivity contribution in [3.63, 3.8) is 0 Å². The maximum Gasteiger partial charge on any atom is 0.188 e. The van der Waals surface area contributed by atoms with Crippen LogP contribution in [0.3, 0.4) is 0 Å². The number of nitrogens with zero attached hydrogens (tertiary/aromatic N) is 1. The molecule has 1 aromatic carbocycles. The van der Waals surface area contributed by atoms with E-state index in [1.54, 1.807) is 6.07 Å². The fraction of sp³-hybridized carbons (Fsp3) is 0.364. The fourth-order valence-electron chi connectivity index (χ4n) is 1.12. The van der Waals surface area contributed by atoms with Crippen LogP contribution in [0.15, 0.2) is 27.7 Å². The van der Waals surface area contributed by atoms with Crippen molar-refractivity contribution in [1.29, 1.82) is 0 Å². The lowest BCUT2D eigenvalue weighted by Gasteiger charge is -2.03. The molecular formula is C11H16BrFIN3. The first kappa shape index (κ1) is 16.6. The van der Waals surface area contributed by atoms with E-state index in [1.807, 2.05) is 13.0 Å². The van der Waals surface area contributed by atoms with Crippen molar-refractivity contribution in [2.24, 2.45) is 10.7 Å². The minimum atomic E-state index is -0.284. The SMILES string of the molecule is CCCNC(N)=NCc1ccc(Br)c(F)c1.I. The number of nitrogens with two attached hydrogens (primary N) is 1. The highest BCUT2D eigenvalue weighted by Gasteiger charge is 2.00. The van der Waals surface area contributed by atoms with Crippen LogP contribution in [0.1, 0.15) is 18.9 Å². The van der Waals surface area contributed by atoms with Gasteiger partial charge in [0, 0.05) is 6.54 Å². The van der Waals surface area contributed by atoms with Crippen molar-refractivity contribution < 1.29 is 4.39 Å². The normalized spacial score (nSPS) is 10.9. The van der Waals surface area contributed by atoms with Crippen molar-refractivity contribution in [2.45, 2.75) is 19.9 Å². The van der Waals surface area contributed by atoms with Crippen LogP contribution in [-0.4, -0.2) is 12.5 Å². The van der Waals surface area contributed by atoms with E-state index in [9.17, 15) is 4.39 Å². The Morgan fingerprint density at radius 3 is 2.82 bits per heavy atom. The first-order valence-corrected chi connectivity index (χ1v) is 5.90. The molecule has 0 amide bonds. The molecule has 3 nitrogen and oxygen atoms in total. The molecule has 0 spiro atoms. The van der Waals surface area contributed by atoms with E-state index in [0.29, 0.717) is 17.0 Å². The molecule has 0 aromatic heterocycles. The molecule has 0 aliphatic rings. The van der Waals surface area contributed by atoms with Crippen molar-refractivity contribution in [1.82, 2.24) is 5.32 Å². The fourth-order valence-corrected chi connectivity index (χ4v) is 1.37. The smallest absolute Gasteiger partial charge is 0.188 e. The molecular weight excluding hydrogens is 400 g/mol. The lowest BCUT2D eigenvalue weighted by Crippen LogP contribution is -2.32. The largest absolute Gasteiger partial charge is 0.370 e. The summed E-state index contributed by atoms with van der Waals surface area (Å²) in [7, 11) is 0. The Morgan fingerprint density at radius 2 is 2.24 bits per heavy atom. The molecule has 0 aliphatic carbocycles. The molecule has 3 N–H and O–H groups in total. The molecule has 0 fully saturated rings. The van der Waals surface area contributed by atoms with Gasteiger partial charge in [0.2, 0.25) is 0 Å². The number of rotatable bonds is 4. The topological polar surface area (TPSA) is 50.4 Å². The predicted octanol–water partition coefficient (Wildman–Crippen LogP) is 3.02. The lowest BCUT2D eigenvalue weighted by atomic mass is 10.2. The third-order valence-corrected chi connectivity index (χ3v) is 2.62. The van der Waals surface area contributed by atoms with Gasteiger partial charge >= 0.3 is 0 Å². The Balaban J connectivity index is 0.00000256. The van der Waals surface area contributed by atoms with Gasteiger partial charge in [-0.1, -0.05) is 13.0 Å².